The lowest BCUT2D eigenvalue weighted by atomic mass is 10.0. The molecule has 2 N–H and O–H groups in total. The van der Waals surface area contributed by atoms with Crippen molar-refractivity contribution >= 4 is 17.3 Å². The molecule has 5 heteroatoms. The molecule has 4 nitrogen and oxygen atoms in total. The van der Waals surface area contributed by atoms with Crippen LogP contribution in [0.4, 0.5) is 0 Å². The van der Waals surface area contributed by atoms with E-state index in [1.165, 1.54) is 0 Å². The molecule has 0 saturated carbocycles. The molecule has 0 bridgehead atoms. The zero-order valence-corrected chi connectivity index (χ0v) is 11.4. The molecule has 1 aromatic rings. The van der Waals surface area contributed by atoms with E-state index in [2.05, 4.69) is 17.2 Å². The van der Waals surface area contributed by atoms with Gasteiger partial charge >= 0.3 is 5.97 Å². The van der Waals surface area contributed by atoms with Crippen LogP contribution in [0.1, 0.15) is 45.0 Å². The lowest BCUT2D eigenvalue weighted by Crippen LogP contribution is -2.47. The van der Waals surface area contributed by atoms with Gasteiger partial charge in [-0.1, -0.05) is 19.8 Å². The number of hydrogen-bond donors (Lipinski definition) is 2. The number of hydrogen-bond acceptors (Lipinski definition) is 4. The highest BCUT2D eigenvalue weighted by atomic mass is 32.1. The van der Waals surface area contributed by atoms with E-state index in [-0.39, 0.29) is 0 Å². The van der Waals surface area contributed by atoms with E-state index in [0.717, 1.165) is 17.8 Å². The summed E-state index contributed by atoms with van der Waals surface area (Å²) in [4.78, 5) is 15.4. The van der Waals surface area contributed by atoms with Crippen molar-refractivity contribution in [2.45, 2.75) is 51.6 Å². The summed E-state index contributed by atoms with van der Waals surface area (Å²) in [7, 11) is 0. The van der Waals surface area contributed by atoms with Gasteiger partial charge in [-0.3, -0.25) is 10.1 Å². The summed E-state index contributed by atoms with van der Waals surface area (Å²) in [5.74, 6) is -0.789. The van der Waals surface area contributed by atoms with Crippen LogP contribution in [0.15, 0.2) is 11.6 Å². The highest BCUT2D eigenvalue weighted by molar-refractivity contribution is 7.09. The van der Waals surface area contributed by atoms with Crippen LogP contribution in [-0.2, 0) is 10.3 Å². The third-order valence-corrected chi connectivity index (χ3v) is 3.74. The standard InChI is InChI=1S/C12H20N2O2S/c1-4-5-6-9(10(15)16)14-12(2,3)11-13-7-8-17-11/h7-9,14H,4-6H2,1-3H3,(H,15,16). The fraction of sp³-hybridized carbons (Fsp3) is 0.667. The van der Waals surface area contributed by atoms with Gasteiger partial charge in [-0.2, -0.15) is 0 Å². The number of nitrogens with one attached hydrogen (secondary N) is 1. The number of carboxylic acid groups (broad SMARTS) is 1. The number of thiazole rings is 1. The van der Waals surface area contributed by atoms with Crippen LogP contribution >= 0.6 is 11.3 Å². The molecule has 0 amide bonds. The van der Waals surface area contributed by atoms with E-state index < -0.39 is 17.6 Å². The first-order valence-electron chi connectivity index (χ1n) is 5.88. The summed E-state index contributed by atoms with van der Waals surface area (Å²) >= 11 is 1.54. The van der Waals surface area contributed by atoms with Crippen LogP contribution in [0.3, 0.4) is 0 Å². The Morgan fingerprint density at radius 2 is 2.35 bits per heavy atom. The van der Waals surface area contributed by atoms with Crippen molar-refractivity contribution in [1.29, 1.82) is 0 Å². The Kier molecular flexibility index (Phi) is 5.08. The molecule has 0 aliphatic heterocycles. The van der Waals surface area contributed by atoms with Gasteiger partial charge in [-0.15, -0.1) is 11.3 Å². The van der Waals surface area contributed by atoms with Crippen LogP contribution in [0, 0.1) is 0 Å². The normalized spacial score (nSPS) is 13.6. The number of nitrogens with zero attached hydrogens (tertiary/aromatic N) is 1. The van der Waals surface area contributed by atoms with Crippen molar-refractivity contribution in [1.82, 2.24) is 10.3 Å². The van der Waals surface area contributed by atoms with E-state index in [4.69, 9.17) is 0 Å². The maximum Gasteiger partial charge on any atom is 0.320 e. The highest BCUT2D eigenvalue weighted by Gasteiger charge is 2.29. The predicted molar refractivity (Wildman–Crippen MR) is 69.2 cm³/mol. The predicted octanol–water partition coefficient (Wildman–Crippen LogP) is 2.61. The number of aliphatic carboxylic acids is 1. The van der Waals surface area contributed by atoms with Gasteiger partial charge in [0.25, 0.3) is 0 Å². The second-order valence-electron chi connectivity index (χ2n) is 4.64. The molecule has 96 valence electrons. The molecule has 1 rings (SSSR count). The molecule has 0 radical (unpaired) electrons. The quantitative estimate of drug-likeness (QED) is 0.787. The van der Waals surface area contributed by atoms with Gasteiger partial charge in [0.1, 0.15) is 11.0 Å². The number of unbranched alkanes of at least 4 members (excludes halogenated alkanes) is 1. The number of rotatable bonds is 7. The highest BCUT2D eigenvalue weighted by Crippen LogP contribution is 2.23. The Hall–Kier alpha value is -0.940. The first-order chi connectivity index (χ1) is 7.97. The minimum absolute atomic E-state index is 0.398. The Bertz CT molecular complexity index is 349. The Balaban J connectivity index is 2.68. The lowest BCUT2D eigenvalue weighted by Gasteiger charge is -2.28. The third-order valence-electron chi connectivity index (χ3n) is 2.65. The zero-order valence-electron chi connectivity index (χ0n) is 10.6. The maximum atomic E-state index is 11.2. The smallest absolute Gasteiger partial charge is 0.320 e. The summed E-state index contributed by atoms with van der Waals surface area (Å²) in [5.41, 5.74) is -0.398. The Labute approximate surface area is 106 Å². The van der Waals surface area contributed by atoms with Gasteiger partial charge in [-0.05, 0) is 20.3 Å². The van der Waals surface area contributed by atoms with Crippen LogP contribution in [0.5, 0.6) is 0 Å². The molecule has 1 aromatic heterocycles. The van der Waals surface area contributed by atoms with E-state index in [1.54, 1.807) is 17.5 Å². The average Bonchev–Trinajstić information content (AvgIpc) is 2.77. The Morgan fingerprint density at radius 1 is 1.65 bits per heavy atom. The molecule has 1 unspecified atom stereocenters. The van der Waals surface area contributed by atoms with Crippen molar-refractivity contribution < 1.29 is 9.90 Å². The van der Waals surface area contributed by atoms with Crippen LogP contribution in [0.2, 0.25) is 0 Å². The summed E-state index contributed by atoms with van der Waals surface area (Å²) < 4.78 is 0. The van der Waals surface area contributed by atoms with Gasteiger partial charge in [0.2, 0.25) is 0 Å². The SMILES string of the molecule is CCCCC(NC(C)(C)c1nccs1)C(=O)O. The zero-order chi connectivity index (χ0) is 12.9. The van der Waals surface area contributed by atoms with Crippen molar-refractivity contribution in [3.8, 4) is 0 Å². The Morgan fingerprint density at radius 3 is 2.82 bits per heavy atom. The summed E-state index contributed by atoms with van der Waals surface area (Å²) in [6.07, 6.45) is 4.31. The molecular formula is C12H20N2O2S. The maximum absolute atomic E-state index is 11.2. The van der Waals surface area contributed by atoms with Crippen molar-refractivity contribution in [3.05, 3.63) is 16.6 Å². The van der Waals surface area contributed by atoms with Crippen molar-refractivity contribution in [2.75, 3.05) is 0 Å². The number of carbonyl (C=O) groups is 1. The minimum Gasteiger partial charge on any atom is -0.480 e. The van der Waals surface area contributed by atoms with E-state index in [1.807, 2.05) is 19.2 Å². The van der Waals surface area contributed by atoms with Gasteiger partial charge in [0, 0.05) is 11.6 Å². The topological polar surface area (TPSA) is 62.2 Å². The molecule has 0 spiro atoms. The summed E-state index contributed by atoms with van der Waals surface area (Å²) in [6.45, 7) is 5.99. The average molecular weight is 256 g/mol. The molecular weight excluding hydrogens is 236 g/mol. The van der Waals surface area contributed by atoms with Crippen molar-refractivity contribution in [3.63, 3.8) is 0 Å². The molecule has 17 heavy (non-hydrogen) atoms. The summed E-state index contributed by atoms with van der Waals surface area (Å²) in [5, 5.41) is 15.2. The second-order valence-corrected chi connectivity index (χ2v) is 5.53. The largest absolute Gasteiger partial charge is 0.480 e. The number of aromatic nitrogens is 1. The lowest BCUT2D eigenvalue weighted by molar-refractivity contribution is -0.140. The van der Waals surface area contributed by atoms with Crippen LogP contribution < -0.4 is 5.32 Å². The van der Waals surface area contributed by atoms with Gasteiger partial charge in [0.15, 0.2) is 0 Å². The van der Waals surface area contributed by atoms with E-state index in [0.29, 0.717) is 6.42 Å². The van der Waals surface area contributed by atoms with E-state index in [9.17, 15) is 9.90 Å². The first-order valence-corrected chi connectivity index (χ1v) is 6.76. The molecule has 1 atom stereocenters. The van der Waals surface area contributed by atoms with Gasteiger partial charge < -0.3 is 5.11 Å². The van der Waals surface area contributed by atoms with Gasteiger partial charge in [-0.25, -0.2) is 4.98 Å². The third kappa shape index (κ3) is 4.09. The number of carboxylic acids is 1. The van der Waals surface area contributed by atoms with Gasteiger partial charge in [0.05, 0.1) is 5.54 Å². The van der Waals surface area contributed by atoms with E-state index >= 15 is 0 Å². The summed E-state index contributed by atoms with van der Waals surface area (Å²) in [6, 6.07) is -0.506. The molecule has 0 aromatic carbocycles. The van der Waals surface area contributed by atoms with Crippen LogP contribution in [0.25, 0.3) is 0 Å². The first kappa shape index (κ1) is 14.1. The second kappa shape index (κ2) is 6.12. The fourth-order valence-electron chi connectivity index (χ4n) is 1.70. The molecule has 0 aliphatic carbocycles. The van der Waals surface area contributed by atoms with Crippen molar-refractivity contribution in [2.24, 2.45) is 0 Å². The molecule has 0 aliphatic rings. The fourth-order valence-corrected chi connectivity index (χ4v) is 2.42. The molecule has 0 saturated heterocycles. The molecule has 1 heterocycles. The minimum atomic E-state index is -0.789. The monoisotopic (exact) mass is 256 g/mol. The molecule has 0 fully saturated rings. The van der Waals surface area contributed by atoms with Crippen LogP contribution in [-0.4, -0.2) is 22.1 Å².